The average molecular weight is 311 g/mol. The Morgan fingerprint density at radius 1 is 1.24 bits per heavy atom. The van der Waals surface area contributed by atoms with Crippen LogP contribution in [0, 0.1) is 0 Å². The maximum absolute atomic E-state index is 12.4. The van der Waals surface area contributed by atoms with Crippen molar-refractivity contribution in [2.75, 3.05) is 12.3 Å². The molecule has 0 saturated carbocycles. The Morgan fingerprint density at radius 2 is 1.95 bits per heavy atom. The summed E-state index contributed by atoms with van der Waals surface area (Å²) in [4.78, 5) is 0. The molecule has 0 amide bonds. The highest BCUT2D eigenvalue weighted by Crippen LogP contribution is 2.21. The predicted octanol–water partition coefficient (Wildman–Crippen LogP) is 2.32. The SMILES string of the molecule is CCCCCC(O)CS(=O)(=O)N1CCc2ccccc2C1. The van der Waals surface area contributed by atoms with E-state index >= 15 is 0 Å². The van der Waals surface area contributed by atoms with Crippen LogP contribution in [0.2, 0.25) is 0 Å². The van der Waals surface area contributed by atoms with Crippen molar-refractivity contribution in [3.63, 3.8) is 0 Å². The summed E-state index contributed by atoms with van der Waals surface area (Å²) in [6.45, 7) is 3.04. The van der Waals surface area contributed by atoms with Crippen molar-refractivity contribution in [3.05, 3.63) is 35.4 Å². The fourth-order valence-electron chi connectivity index (χ4n) is 2.77. The summed E-state index contributed by atoms with van der Waals surface area (Å²) in [6.07, 6.45) is 3.56. The summed E-state index contributed by atoms with van der Waals surface area (Å²) < 4.78 is 26.3. The van der Waals surface area contributed by atoms with E-state index in [1.807, 2.05) is 18.2 Å². The van der Waals surface area contributed by atoms with Crippen molar-refractivity contribution >= 4 is 10.0 Å². The molecule has 0 aliphatic carbocycles. The van der Waals surface area contributed by atoms with Gasteiger partial charge in [0.2, 0.25) is 10.0 Å². The third-order valence-corrected chi connectivity index (χ3v) is 5.94. The highest BCUT2D eigenvalue weighted by molar-refractivity contribution is 7.89. The summed E-state index contributed by atoms with van der Waals surface area (Å²) in [5, 5.41) is 9.93. The number of hydrogen-bond donors (Lipinski definition) is 1. The van der Waals surface area contributed by atoms with Gasteiger partial charge in [0.1, 0.15) is 0 Å². The van der Waals surface area contributed by atoms with Gasteiger partial charge in [0.15, 0.2) is 0 Å². The van der Waals surface area contributed by atoms with Crippen molar-refractivity contribution in [1.82, 2.24) is 4.31 Å². The van der Waals surface area contributed by atoms with E-state index in [1.54, 1.807) is 0 Å². The Bertz CT molecular complexity index is 556. The van der Waals surface area contributed by atoms with Gasteiger partial charge in [-0.3, -0.25) is 0 Å². The first-order valence-corrected chi connectivity index (χ1v) is 9.36. The number of sulfonamides is 1. The van der Waals surface area contributed by atoms with E-state index in [4.69, 9.17) is 0 Å². The molecule has 0 bridgehead atoms. The lowest BCUT2D eigenvalue weighted by molar-refractivity contribution is 0.180. The molecule has 1 atom stereocenters. The van der Waals surface area contributed by atoms with E-state index in [-0.39, 0.29) is 5.75 Å². The van der Waals surface area contributed by atoms with Gasteiger partial charge < -0.3 is 5.11 Å². The van der Waals surface area contributed by atoms with Crippen LogP contribution in [0.4, 0.5) is 0 Å². The molecule has 21 heavy (non-hydrogen) atoms. The topological polar surface area (TPSA) is 57.6 Å². The van der Waals surface area contributed by atoms with Gasteiger partial charge in [0, 0.05) is 13.1 Å². The van der Waals surface area contributed by atoms with E-state index in [0.29, 0.717) is 19.5 Å². The molecule has 118 valence electrons. The molecule has 0 fully saturated rings. The maximum atomic E-state index is 12.4. The molecule has 4 nitrogen and oxygen atoms in total. The molecule has 1 unspecified atom stereocenters. The third kappa shape index (κ3) is 4.53. The number of rotatable bonds is 7. The first kappa shape index (κ1) is 16.5. The van der Waals surface area contributed by atoms with Crippen LogP contribution in [0.1, 0.15) is 43.7 Å². The third-order valence-electron chi connectivity index (χ3n) is 4.03. The molecule has 0 aromatic heterocycles. The predicted molar refractivity (Wildman–Crippen MR) is 84.5 cm³/mol. The number of hydrogen-bond acceptors (Lipinski definition) is 3. The number of fused-ring (bicyclic) bond motifs is 1. The van der Waals surface area contributed by atoms with Gasteiger partial charge in [0.25, 0.3) is 0 Å². The van der Waals surface area contributed by atoms with Crippen LogP contribution in [-0.4, -0.2) is 36.2 Å². The molecule has 0 radical (unpaired) electrons. The minimum atomic E-state index is -3.38. The van der Waals surface area contributed by atoms with Crippen LogP contribution in [-0.2, 0) is 23.0 Å². The normalized spacial score (nSPS) is 17.4. The lowest BCUT2D eigenvalue weighted by Gasteiger charge is -2.28. The number of unbranched alkanes of at least 4 members (excludes halogenated alkanes) is 2. The van der Waals surface area contributed by atoms with Crippen molar-refractivity contribution < 1.29 is 13.5 Å². The quantitative estimate of drug-likeness (QED) is 0.786. The number of nitrogens with zero attached hydrogens (tertiary/aromatic N) is 1. The summed E-state index contributed by atoms with van der Waals surface area (Å²) in [7, 11) is -3.38. The molecule has 0 saturated heterocycles. The van der Waals surface area contributed by atoms with E-state index < -0.39 is 16.1 Å². The van der Waals surface area contributed by atoms with Crippen LogP contribution >= 0.6 is 0 Å². The average Bonchev–Trinajstić information content (AvgIpc) is 2.46. The summed E-state index contributed by atoms with van der Waals surface area (Å²) in [5.74, 6) is -0.154. The smallest absolute Gasteiger partial charge is 0.216 e. The molecular formula is C16H25NO3S. The highest BCUT2D eigenvalue weighted by atomic mass is 32.2. The van der Waals surface area contributed by atoms with Crippen molar-refractivity contribution in [1.29, 1.82) is 0 Å². The summed E-state index contributed by atoms with van der Waals surface area (Å²) in [6, 6.07) is 7.96. The molecule has 1 N–H and O–H groups in total. The van der Waals surface area contributed by atoms with Crippen LogP contribution in [0.3, 0.4) is 0 Å². The van der Waals surface area contributed by atoms with Crippen molar-refractivity contribution in [2.45, 2.75) is 51.7 Å². The highest BCUT2D eigenvalue weighted by Gasteiger charge is 2.28. The number of aliphatic hydroxyl groups is 1. The van der Waals surface area contributed by atoms with Gasteiger partial charge in [0.05, 0.1) is 11.9 Å². The second-order valence-corrected chi connectivity index (χ2v) is 7.79. The monoisotopic (exact) mass is 311 g/mol. The lowest BCUT2D eigenvalue weighted by Crippen LogP contribution is -2.40. The Balaban J connectivity index is 1.95. The van der Waals surface area contributed by atoms with Gasteiger partial charge in [-0.25, -0.2) is 8.42 Å². The van der Waals surface area contributed by atoms with Crippen molar-refractivity contribution in [2.24, 2.45) is 0 Å². The van der Waals surface area contributed by atoms with Gasteiger partial charge in [-0.2, -0.15) is 4.31 Å². The molecule has 1 aromatic carbocycles. The van der Waals surface area contributed by atoms with Crippen LogP contribution in [0.5, 0.6) is 0 Å². The molecule has 1 heterocycles. The fourth-order valence-corrected chi connectivity index (χ4v) is 4.34. The van der Waals surface area contributed by atoms with E-state index in [9.17, 15) is 13.5 Å². The maximum Gasteiger partial charge on any atom is 0.216 e. The largest absolute Gasteiger partial charge is 0.392 e. The Morgan fingerprint density at radius 3 is 2.67 bits per heavy atom. The summed E-state index contributed by atoms with van der Waals surface area (Å²) in [5.41, 5.74) is 2.31. The van der Waals surface area contributed by atoms with Crippen LogP contribution in [0.15, 0.2) is 24.3 Å². The van der Waals surface area contributed by atoms with Crippen LogP contribution in [0.25, 0.3) is 0 Å². The standard InChI is InChI=1S/C16H25NO3S/c1-2-3-4-9-16(18)13-21(19,20)17-11-10-14-7-5-6-8-15(14)12-17/h5-8,16,18H,2-4,9-13H2,1H3. The number of aliphatic hydroxyl groups excluding tert-OH is 1. The van der Waals surface area contributed by atoms with Gasteiger partial charge in [-0.05, 0) is 24.0 Å². The zero-order valence-corrected chi connectivity index (χ0v) is 13.5. The molecule has 2 rings (SSSR count). The Kier molecular flexibility index (Phi) is 5.79. The zero-order chi connectivity index (χ0) is 15.3. The molecule has 1 aliphatic heterocycles. The van der Waals surface area contributed by atoms with E-state index in [0.717, 1.165) is 31.2 Å². The Labute approximate surface area is 127 Å². The van der Waals surface area contributed by atoms with E-state index in [1.165, 1.54) is 9.87 Å². The zero-order valence-electron chi connectivity index (χ0n) is 12.7. The van der Waals surface area contributed by atoms with Crippen LogP contribution < -0.4 is 0 Å². The van der Waals surface area contributed by atoms with Gasteiger partial charge in [-0.1, -0.05) is 50.5 Å². The molecule has 5 heteroatoms. The van der Waals surface area contributed by atoms with Gasteiger partial charge >= 0.3 is 0 Å². The second kappa shape index (κ2) is 7.38. The van der Waals surface area contributed by atoms with E-state index in [2.05, 4.69) is 13.0 Å². The van der Waals surface area contributed by atoms with Gasteiger partial charge in [-0.15, -0.1) is 0 Å². The molecule has 1 aromatic rings. The Hall–Kier alpha value is -0.910. The molecule has 0 spiro atoms. The first-order valence-electron chi connectivity index (χ1n) is 7.75. The number of benzene rings is 1. The molecule has 1 aliphatic rings. The fraction of sp³-hybridized carbons (Fsp3) is 0.625. The lowest BCUT2D eigenvalue weighted by atomic mass is 10.0. The second-order valence-electron chi connectivity index (χ2n) is 5.78. The van der Waals surface area contributed by atoms with Crippen molar-refractivity contribution in [3.8, 4) is 0 Å². The first-order chi connectivity index (χ1) is 10.0. The minimum Gasteiger partial charge on any atom is -0.392 e. The summed E-state index contributed by atoms with van der Waals surface area (Å²) >= 11 is 0. The molecular weight excluding hydrogens is 286 g/mol. The minimum absolute atomic E-state index is 0.154.